The number of ether oxygens (including phenoxy) is 1. The predicted octanol–water partition coefficient (Wildman–Crippen LogP) is 0.787. The third kappa shape index (κ3) is 2.43. The number of likely N-dealkylation sites (tertiary alicyclic amines) is 1. The number of hydrogen-bond donors (Lipinski definition) is 2. The molecule has 1 amide bonds. The van der Waals surface area contributed by atoms with E-state index in [9.17, 15) is 4.79 Å². The summed E-state index contributed by atoms with van der Waals surface area (Å²) in [4.78, 5) is 14.3. The molecule has 1 heterocycles. The Kier molecular flexibility index (Phi) is 4.95. The number of methoxy groups -OCH3 is 1. The van der Waals surface area contributed by atoms with Crippen molar-refractivity contribution in [2.24, 2.45) is 16.3 Å². The third-order valence-electron chi connectivity index (χ3n) is 3.98. The van der Waals surface area contributed by atoms with Gasteiger partial charge in [0.15, 0.2) is 5.84 Å². The Morgan fingerprint density at radius 1 is 1.56 bits per heavy atom. The molecule has 104 valence electrons. The first kappa shape index (κ1) is 14.8. The summed E-state index contributed by atoms with van der Waals surface area (Å²) in [6.45, 7) is 5.00. The largest absolute Gasteiger partial charge is 0.409 e. The summed E-state index contributed by atoms with van der Waals surface area (Å²) in [6.07, 6.45) is 1.97. The molecule has 6 heteroatoms. The van der Waals surface area contributed by atoms with Crippen LogP contribution < -0.4 is 5.73 Å². The zero-order chi connectivity index (χ0) is 13.8. The van der Waals surface area contributed by atoms with Gasteiger partial charge in [-0.3, -0.25) is 4.79 Å². The van der Waals surface area contributed by atoms with Crippen LogP contribution in [0.2, 0.25) is 0 Å². The van der Waals surface area contributed by atoms with Crippen LogP contribution >= 0.6 is 0 Å². The first-order valence-electron chi connectivity index (χ1n) is 6.35. The van der Waals surface area contributed by atoms with Crippen LogP contribution in [0.1, 0.15) is 33.1 Å². The summed E-state index contributed by atoms with van der Waals surface area (Å²) >= 11 is 0. The quantitative estimate of drug-likeness (QED) is 0.330. The SMILES string of the molecule is CCC(CC)(C(=O)N1CCC(OC)C1)C(N)=NO. The smallest absolute Gasteiger partial charge is 0.236 e. The van der Waals surface area contributed by atoms with Gasteiger partial charge in [-0.25, -0.2) is 0 Å². The van der Waals surface area contributed by atoms with E-state index >= 15 is 0 Å². The first-order valence-corrected chi connectivity index (χ1v) is 6.35. The third-order valence-corrected chi connectivity index (χ3v) is 3.98. The summed E-state index contributed by atoms with van der Waals surface area (Å²) < 4.78 is 5.25. The van der Waals surface area contributed by atoms with E-state index in [1.807, 2.05) is 13.8 Å². The second-order valence-corrected chi connectivity index (χ2v) is 4.67. The van der Waals surface area contributed by atoms with Crippen LogP contribution in [-0.4, -0.2) is 48.2 Å². The van der Waals surface area contributed by atoms with Crippen molar-refractivity contribution in [1.82, 2.24) is 4.90 Å². The monoisotopic (exact) mass is 257 g/mol. The van der Waals surface area contributed by atoms with Crippen molar-refractivity contribution in [2.45, 2.75) is 39.2 Å². The molecule has 1 rings (SSSR count). The van der Waals surface area contributed by atoms with Crippen LogP contribution in [0.4, 0.5) is 0 Å². The van der Waals surface area contributed by atoms with Gasteiger partial charge in [-0.1, -0.05) is 19.0 Å². The van der Waals surface area contributed by atoms with Crippen molar-refractivity contribution >= 4 is 11.7 Å². The van der Waals surface area contributed by atoms with Gasteiger partial charge >= 0.3 is 0 Å². The molecule has 0 aromatic rings. The number of carbonyl (C=O) groups is 1. The lowest BCUT2D eigenvalue weighted by Gasteiger charge is -2.33. The highest BCUT2D eigenvalue weighted by molar-refractivity contribution is 6.06. The molecule has 1 atom stereocenters. The van der Waals surface area contributed by atoms with Crippen molar-refractivity contribution in [1.29, 1.82) is 0 Å². The summed E-state index contributed by atoms with van der Waals surface area (Å²) in [7, 11) is 1.65. The highest BCUT2D eigenvalue weighted by Gasteiger charge is 2.44. The fraction of sp³-hybridized carbons (Fsp3) is 0.833. The number of rotatable bonds is 5. The van der Waals surface area contributed by atoms with Crippen LogP contribution in [0, 0.1) is 5.41 Å². The fourth-order valence-corrected chi connectivity index (χ4v) is 2.53. The number of nitrogens with two attached hydrogens (primary N) is 1. The molecule has 0 aromatic carbocycles. The second-order valence-electron chi connectivity index (χ2n) is 4.67. The lowest BCUT2D eigenvalue weighted by atomic mass is 9.79. The van der Waals surface area contributed by atoms with Crippen molar-refractivity contribution in [3.05, 3.63) is 0 Å². The fourth-order valence-electron chi connectivity index (χ4n) is 2.53. The molecule has 0 radical (unpaired) electrons. The molecule has 0 aromatic heterocycles. The number of hydrogen-bond acceptors (Lipinski definition) is 4. The normalized spacial score (nSPS) is 21.4. The Hall–Kier alpha value is -1.30. The number of amides is 1. The average molecular weight is 257 g/mol. The minimum absolute atomic E-state index is 0.00151. The van der Waals surface area contributed by atoms with Gasteiger partial charge < -0.3 is 20.6 Å². The van der Waals surface area contributed by atoms with Gasteiger partial charge in [-0.2, -0.15) is 0 Å². The van der Waals surface area contributed by atoms with Gasteiger partial charge in [0.05, 0.1) is 6.10 Å². The van der Waals surface area contributed by atoms with Crippen molar-refractivity contribution in [3.63, 3.8) is 0 Å². The van der Waals surface area contributed by atoms with Gasteiger partial charge in [-0.05, 0) is 19.3 Å². The summed E-state index contributed by atoms with van der Waals surface area (Å²) in [5.41, 5.74) is 4.84. The molecule has 1 aliphatic heterocycles. The number of oxime groups is 1. The second kappa shape index (κ2) is 6.04. The molecule has 0 spiro atoms. The van der Waals surface area contributed by atoms with Crippen LogP contribution in [0.3, 0.4) is 0 Å². The highest BCUT2D eigenvalue weighted by atomic mass is 16.5. The molecule has 3 N–H and O–H groups in total. The lowest BCUT2D eigenvalue weighted by Crippen LogP contribution is -2.50. The van der Waals surface area contributed by atoms with Gasteiger partial charge in [0.2, 0.25) is 5.91 Å². The van der Waals surface area contributed by atoms with E-state index in [4.69, 9.17) is 15.7 Å². The minimum Gasteiger partial charge on any atom is -0.409 e. The zero-order valence-corrected chi connectivity index (χ0v) is 11.3. The Labute approximate surface area is 108 Å². The molecular weight excluding hydrogens is 234 g/mol. The molecular formula is C12H23N3O3. The summed E-state index contributed by atoms with van der Waals surface area (Å²) in [5.74, 6) is -0.0688. The molecule has 6 nitrogen and oxygen atoms in total. The molecule has 1 aliphatic rings. The Bertz CT molecular complexity index is 327. The first-order chi connectivity index (χ1) is 8.55. The molecule has 0 aliphatic carbocycles. The predicted molar refractivity (Wildman–Crippen MR) is 68.4 cm³/mol. The Morgan fingerprint density at radius 2 is 2.17 bits per heavy atom. The molecule has 1 fully saturated rings. The van der Waals surface area contributed by atoms with Gasteiger partial charge in [0, 0.05) is 20.2 Å². The van der Waals surface area contributed by atoms with Crippen LogP contribution in [0.25, 0.3) is 0 Å². The van der Waals surface area contributed by atoms with E-state index in [0.29, 0.717) is 25.9 Å². The number of nitrogens with zero attached hydrogens (tertiary/aromatic N) is 2. The molecule has 0 saturated carbocycles. The highest BCUT2D eigenvalue weighted by Crippen LogP contribution is 2.31. The van der Waals surface area contributed by atoms with Crippen molar-refractivity contribution in [3.8, 4) is 0 Å². The maximum Gasteiger partial charge on any atom is 0.236 e. The topological polar surface area (TPSA) is 88.2 Å². The maximum absolute atomic E-state index is 12.6. The van der Waals surface area contributed by atoms with E-state index in [1.54, 1.807) is 12.0 Å². The van der Waals surface area contributed by atoms with Gasteiger partial charge in [0.25, 0.3) is 0 Å². The molecule has 0 bridgehead atoms. The van der Waals surface area contributed by atoms with E-state index in [1.165, 1.54) is 0 Å². The van der Waals surface area contributed by atoms with E-state index in [-0.39, 0.29) is 17.8 Å². The van der Waals surface area contributed by atoms with Crippen LogP contribution in [0.15, 0.2) is 5.16 Å². The van der Waals surface area contributed by atoms with Crippen molar-refractivity contribution in [2.75, 3.05) is 20.2 Å². The average Bonchev–Trinajstić information content (AvgIpc) is 2.88. The zero-order valence-electron chi connectivity index (χ0n) is 11.3. The Morgan fingerprint density at radius 3 is 2.56 bits per heavy atom. The summed E-state index contributed by atoms with van der Waals surface area (Å²) in [6, 6.07) is 0. The standard InChI is InChI=1S/C12H23N3O3/c1-4-12(5-2,10(13)14-17)11(16)15-7-6-9(8-15)18-3/h9,17H,4-8H2,1-3H3,(H2,13,14). The maximum atomic E-state index is 12.6. The summed E-state index contributed by atoms with van der Waals surface area (Å²) in [5, 5.41) is 11.9. The van der Waals surface area contributed by atoms with E-state index in [0.717, 1.165) is 6.42 Å². The van der Waals surface area contributed by atoms with Gasteiger partial charge in [-0.15, -0.1) is 0 Å². The molecule has 1 unspecified atom stereocenters. The van der Waals surface area contributed by atoms with Crippen LogP contribution in [0.5, 0.6) is 0 Å². The van der Waals surface area contributed by atoms with Crippen molar-refractivity contribution < 1.29 is 14.7 Å². The van der Waals surface area contributed by atoms with Crippen LogP contribution in [-0.2, 0) is 9.53 Å². The van der Waals surface area contributed by atoms with E-state index < -0.39 is 5.41 Å². The molecule has 18 heavy (non-hydrogen) atoms. The van der Waals surface area contributed by atoms with Gasteiger partial charge in [0.1, 0.15) is 5.41 Å². The molecule has 1 saturated heterocycles. The Balaban J connectivity index is 2.91. The minimum atomic E-state index is -0.891. The lowest BCUT2D eigenvalue weighted by molar-refractivity contribution is -0.138. The number of amidine groups is 1. The number of carbonyl (C=O) groups excluding carboxylic acids is 1. The van der Waals surface area contributed by atoms with E-state index in [2.05, 4.69) is 5.16 Å².